The predicted octanol–water partition coefficient (Wildman–Crippen LogP) is 4.55. The molecule has 0 atom stereocenters. The predicted molar refractivity (Wildman–Crippen MR) is 98.0 cm³/mol. The summed E-state index contributed by atoms with van der Waals surface area (Å²) in [5, 5.41) is 0. The Balaban J connectivity index is 1.88. The van der Waals surface area contributed by atoms with Crippen LogP contribution in [0.25, 0.3) is 0 Å². The first-order valence-corrected chi connectivity index (χ1v) is 8.72. The van der Waals surface area contributed by atoms with Crippen LogP contribution in [0.4, 0.5) is 0 Å². The first kappa shape index (κ1) is 18.8. The van der Waals surface area contributed by atoms with Gasteiger partial charge in [-0.05, 0) is 49.4 Å². The zero-order valence-corrected chi connectivity index (χ0v) is 15.0. The molecule has 2 rings (SSSR count). The van der Waals surface area contributed by atoms with Crippen molar-refractivity contribution in [2.75, 3.05) is 13.7 Å². The van der Waals surface area contributed by atoms with Gasteiger partial charge >= 0.3 is 5.97 Å². The summed E-state index contributed by atoms with van der Waals surface area (Å²) < 4.78 is 16.3. The summed E-state index contributed by atoms with van der Waals surface area (Å²) in [6.07, 6.45) is 3.13. The molecule has 0 N–H and O–H groups in total. The minimum absolute atomic E-state index is 0.121. The van der Waals surface area contributed by atoms with Crippen molar-refractivity contribution >= 4 is 5.97 Å². The van der Waals surface area contributed by atoms with E-state index < -0.39 is 0 Å². The Morgan fingerprint density at radius 3 is 2.48 bits per heavy atom. The molecular weight excluding hydrogens is 316 g/mol. The quantitative estimate of drug-likeness (QED) is 0.469. The zero-order chi connectivity index (χ0) is 17.9. The summed E-state index contributed by atoms with van der Waals surface area (Å²) in [7, 11) is 1.64. The third-order valence-corrected chi connectivity index (χ3v) is 3.87. The SMILES string of the molecule is CCOC(=O)CCCCc1ccc(OC)c(OCc2ccccc2)c1. The summed E-state index contributed by atoms with van der Waals surface area (Å²) in [6, 6.07) is 16.0. The monoisotopic (exact) mass is 342 g/mol. The largest absolute Gasteiger partial charge is 0.493 e. The molecule has 0 aromatic heterocycles. The maximum absolute atomic E-state index is 11.4. The highest BCUT2D eigenvalue weighted by atomic mass is 16.5. The van der Waals surface area contributed by atoms with Crippen LogP contribution in [0.5, 0.6) is 11.5 Å². The third-order valence-electron chi connectivity index (χ3n) is 3.87. The summed E-state index contributed by atoms with van der Waals surface area (Å²) in [5.41, 5.74) is 2.29. The Morgan fingerprint density at radius 1 is 0.960 bits per heavy atom. The highest BCUT2D eigenvalue weighted by Crippen LogP contribution is 2.29. The van der Waals surface area contributed by atoms with E-state index >= 15 is 0 Å². The molecule has 0 radical (unpaired) electrons. The van der Waals surface area contributed by atoms with Gasteiger partial charge in [-0.2, -0.15) is 0 Å². The molecule has 0 amide bonds. The lowest BCUT2D eigenvalue weighted by atomic mass is 10.1. The van der Waals surface area contributed by atoms with Gasteiger partial charge in [0.1, 0.15) is 6.61 Å². The molecule has 0 aliphatic carbocycles. The Morgan fingerprint density at radius 2 is 1.76 bits per heavy atom. The van der Waals surface area contributed by atoms with Gasteiger partial charge in [0, 0.05) is 6.42 Å². The fourth-order valence-corrected chi connectivity index (χ4v) is 2.56. The van der Waals surface area contributed by atoms with Crippen LogP contribution in [0.1, 0.15) is 37.3 Å². The molecule has 0 saturated carbocycles. The van der Waals surface area contributed by atoms with Crippen molar-refractivity contribution in [3.63, 3.8) is 0 Å². The van der Waals surface area contributed by atoms with E-state index in [1.54, 1.807) is 7.11 Å². The number of ether oxygens (including phenoxy) is 3. The van der Waals surface area contributed by atoms with E-state index in [1.807, 2.05) is 55.5 Å². The van der Waals surface area contributed by atoms with E-state index in [9.17, 15) is 4.79 Å². The minimum atomic E-state index is -0.121. The fraction of sp³-hybridized carbons (Fsp3) is 0.381. The number of hydrogen-bond acceptors (Lipinski definition) is 4. The van der Waals surface area contributed by atoms with Gasteiger partial charge in [-0.25, -0.2) is 0 Å². The second-order valence-electron chi connectivity index (χ2n) is 5.77. The van der Waals surface area contributed by atoms with Gasteiger partial charge in [0.05, 0.1) is 13.7 Å². The van der Waals surface area contributed by atoms with E-state index in [1.165, 1.54) is 5.56 Å². The van der Waals surface area contributed by atoms with Crippen molar-refractivity contribution in [2.24, 2.45) is 0 Å². The van der Waals surface area contributed by atoms with E-state index in [0.29, 0.717) is 19.6 Å². The van der Waals surface area contributed by atoms with Crippen molar-refractivity contribution in [3.8, 4) is 11.5 Å². The summed E-state index contributed by atoms with van der Waals surface area (Å²) in [5.74, 6) is 1.35. The molecule has 0 bridgehead atoms. The van der Waals surface area contributed by atoms with Gasteiger partial charge in [-0.15, -0.1) is 0 Å². The van der Waals surface area contributed by atoms with Crippen LogP contribution in [0.2, 0.25) is 0 Å². The smallest absolute Gasteiger partial charge is 0.305 e. The zero-order valence-electron chi connectivity index (χ0n) is 15.0. The first-order chi connectivity index (χ1) is 12.2. The lowest BCUT2D eigenvalue weighted by molar-refractivity contribution is -0.143. The maximum Gasteiger partial charge on any atom is 0.305 e. The average Bonchev–Trinajstić information content (AvgIpc) is 2.65. The fourth-order valence-electron chi connectivity index (χ4n) is 2.56. The van der Waals surface area contributed by atoms with Crippen molar-refractivity contribution in [1.82, 2.24) is 0 Å². The van der Waals surface area contributed by atoms with Crippen molar-refractivity contribution in [2.45, 2.75) is 39.2 Å². The lowest BCUT2D eigenvalue weighted by Gasteiger charge is -2.12. The molecule has 0 saturated heterocycles. The molecule has 0 spiro atoms. The molecule has 2 aromatic carbocycles. The lowest BCUT2D eigenvalue weighted by Crippen LogP contribution is -2.03. The second kappa shape index (κ2) is 10.4. The standard InChI is InChI=1S/C21H26O4/c1-3-24-21(22)12-8-7-9-17-13-14-19(23-2)20(15-17)25-16-18-10-5-4-6-11-18/h4-6,10-11,13-15H,3,7-9,12,16H2,1-2H3. The first-order valence-electron chi connectivity index (χ1n) is 8.72. The number of carbonyl (C=O) groups excluding carboxylic acids is 1. The molecule has 2 aromatic rings. The third kappa shape index (κ3) is 6.49. The number of hydrogen-bond donors (Lipinski definition) is 0. The normalized spacial score (nSPS) is 10.3. The van der Waals surface area contributed by atoms with Crippen molar-refractivity contribution < 1.29 is 19.0 Å². The Labute approximate surface area is 149 Å². The molecule has 4 heteroatoms. The van der Waals surface area contributed by atoms with E-state index in [0.717, 1.165) is 36.3 Å². The number of methoxy groups -OCH3 is 1. The number of esters is 1. The molecule has 4 nitrogen and oxygen atoms in total. The van der Waals surface area contributed by atoms with Gasteiger partial charge in [0.25, 0.3) is 0 Å². The van der Waals surface area contributed by atoms with Crippen LogP contribution in [0.15, 0.2) is 48.5 Å². The molecule has 0 unspecified atom stereocenters. The molecule has 0 aliphatic heterocycles. The van der Waals surface area contributed by atoms with Crippen LogP contribution in [-0.2, 0) is 22.6 Å². The Bertz CT molecular complexity index is 652. The van der Waals surface area contributed by atoms with Crippen LogP contribution < -0.4 is 9.47 Å². The molecule has 25 heavy (non-hydrogen) atoms. The van der Waals surface area contributed by atoms with Gasteiger partial charge < -0.3 is 14.2 Å². The van der Waals surface area contributed by atoms with Crippen LogP contribution in [0.3, 0.4) is 0 Å². The number of rotatable bonds is 10. The van der Waals surface area contributed by atoms with E-state index in [4.69, 9.17) is 14.2 Å². The minimum Gasteiger partial charge on any atom is -0.493 e. The number of unbranched alkanes of at least 4 members (excludes halogenated alkanes) is 1. The Kier molecular flexibility index (Phi) is 7.83. The number of benzene rings is 2. The highest BCUT2D eigenvalue weighted by molar-refractivity contribution is 5.69. The summed E-state index contributed by atoms with van der Waals surface area (Å²) in [4.78, 5) is 11.4. The molecular formula is C21H26O4. The van der Waals surface area contributed by atoms with Crippen molar-refractivity contribution in [3.05, 3.63) is 59.7 Å². The topological polar surface area (TPSA) is 44.8 Å². The van der Waals surface area contributed by atoms with Crippen LogP contribution >= 0.6 is 0 Å². The van der Waals surface area contributed by atoms with E-state index in [2.05, 4.69) is 0 Å². The Hall–Kier alpha value is -2.49. The molecule has 134 valence electrons. The molecule has 0 heterocycles. The number of aryl methyl sites for hydroxylation is 1. The molecule has 0 aliphatic rings. The summed E-state index contributed by atoms with van der Waals surface area (Å²) in [6.45, 7) is 2.77. The van der Waals surface area contributed by atoms with Crippen LogP contribution in [0, 0.1) is 0 Å². The van der Waals surface area contributed by atoms with E-state index in [-0.39, 0.29) is 5.97 Å². The second-order valence-corrected chi connectivity index (χ2v) is 5.77. The van der Waals surface area contributed by atoms with Gasteiger partial charge in [0.2, 0.25) is 0 Å². The average molecular weight is 342 g/mol. The van der Waals surface area contributed by atoms with Crippen LogP contribution in [-0.4, -0.2) is 19.7 Å². The maximum atomic E-state index is 11.4. The van der Waals surface area contributed by atoms with Gasteiger partial charge in [-0.3, -0.25) is 4.79 Å². The number of carbonyl (C=O) groups is 1. The molecule has 0 fully saturated rings. The van der Waals surface area contributed by atoms with Crippen molar-refractivity contribution in [1.29, 1.82) is 0 Å². The highest BCUT2D eigenvalue weighted by Gasteiger charge is 2.07. The summed E-state index contributed by atoms with van der Waals surface area (Å²) >= 11 is 0. The van der Waals surface area contributed by atoms with Gasteiger partial charge in [0.15, 0.2) is 11.5 Å². The van der Waals surface area contributed by atoms with Gasteiger partial charge in [-0.1, -0.05) is 36.4 Å².